The van der Waals surface area contributed by atoms with E-state index in [-0.39, 0.29) is 5.56 Å². The summed E-state index contributed by atoms with van der Waals surface area (Å²) in [7, 11) is 1.64. The number of aryl methyl sites for hydroxylation is 1. The number of methoxy groups -OCH3 is 1. The second-order valence-electron chi connectivity index (χ2n) is 5.29. The number of nitrogens with one attached hydrogen (secondary N) is 1. The van der Waals surface area contributed by atoms with Gasteiger partial charge in [-0.3, -0.25) is 9.36 Å². The van der Waals surface area contributed by atoms with Gasteiger partial charge in [0.1, 0.15) is 11.6 Å². The van der Waals surface area contributed by atoms with Crippen LogP contribution in [0.15, 0.2) is 53.3 Å². The fourth-order valence-electron chi connectivity index (χ4n) is 2.56. The minimum absolute atomic E-state index is 0.00429. The first-order valence-corrected chi connectivity index (χ1v) is 7.53. The maximum Gasteiger partial charge on any atom is 0.261 e. The van der Waals surface area contributed by atoms with Crippen molar-refractivity contribution in [3.63, 3.8) is 0 Å². The molecule has 2 aromatic carbocycles. The minimum atomic E-state index is 0.00429. The smallest absolute Gasteiger partial charge is 0.261 e. The van der Waals surface area contributed by atoms with Gasteiger partial charge < -0.3 is 10.1 Å². The van der Waals surface area contributed by atoms with Gasteiger partial charge in [-0.05, 0) is 43.3 Å². The van der Waals surface area contributed by atoms with E-state index in [0.717, 1.165) is 22.8 Å². The highest BCUT2D eigenvalue weighted by Gasteiger charge is 2.07. The highest BCUT2D eigenvalue weighted by atomic mass is 16.5. The zero-order chi connectivity index (χ0) is 16.2. The first-order chi connectivity index (χ1) is 11.2. The van der Waals surface area contributed by atoms with Crippen molar-refractivity contribution >= 4 is 16.6 Å². The zero-order valence-electron chi connectivity index (χ0n) is 13.2. The van der Waals surface area contributed by atoms with Crippen molar-refractivity contribution in [3.05, 3.63) is 64.7 Å². The van der Waals surface area contributed by atoms with E-state index in [4.69, 9.17) is 4.74 Å². The summed E-state index contributed by atoms with van der Waals surface area (Å²) in [4.78, 5) is 17.1. The predicted molar refractivity (Wildman–Crippen MR) is 92.2 cm³/mol. The standard InChI is InChI=1S/C18H19N3O2/c1-13-20-17-6-4-3-5-16(17)18(22)21(13)12-11-19-14-7-9-15(23-2)10-8-14/h3-10,19H,11-12H2,1-2H3. The van der Waals surface area contributed by atoms with E-state index >= 15 is 0 Å². The molecule has 0 aliphatic rings. The van der Waals surface area contributed by atoms with Crippen LogP contribution in [0.4, 0.5) is 5.69 Å². The summed E-state index contributed by atoms with van der Waals surface area (Å²) in [6.45, 7) is 3.07. The summed E-state index contributed by atoms with van der Waals surface area (Å²) in [5, 5.41) is 3.96. The number of fused-ring (bicyclic) bond motifs is 1. The topological polar surface area (TPSA) is 56.1 Å². The van der Waals surface area contributed by atoms with Crippen molar-refractivity contribution in [2.24, 2.45) is 0 Å². The summed E-state index contributed by atoms with van der Waals surface area (Å²) < 4.78 is 6.84. The van der Waals surface area contributed by atoms with Crippen LogP contribution in [-0.4, -0.2) is 23.2 Å². The molecule has 0 saturated heterocycles. The first kappa shape index (κ1) is 15.1. The second kappa shape index (κ2) is 6.52. The SMILES string of the molecule is COc1ccc(NCCn2c(C)nc3ccccc3c2=O)cc1. The number of ether oxygens (including phenoxy) is 1. The van der Waals surface area contributed by atoms with Crippen molar-refractivity contribution < 1.29 is 4.74 Å². The third-order valence-electron chi connectivity index (χ3n) is 3.81. The Hall–Kier alpha value is -2.82. The lowest BCUT2D eigenvalue weighted by atomic mass is 10.2. The molecule has 0 saturated carbocycles. The number of anilines is 1. The van der Waals surface area contributed by atoms with Gasteiger partial charge in [0, 0.05) is 18.8 Å². The van der Waals surface area contributed by atoms with Gasteiger partial charge in [-0.2, -0.15) is 0 Å². The maximum absolute atomic E-state index is 12.6. The Morgan fingerprint density at radius 1 is 1.13 bits per heavy atom. The summed E-state index contributed by atoms with van der Waals surface area (Å²) >= 11 is 0. The Morgan fingerprint density at radius 2 is 1.87 bits per heavy atom. The van der Waals surface area contributed by atoms with Crippen LogP contribution in [0.25, 0.3) is 10.9 Å². The van der Waals surface area contributed by atoms with Gasteiger partial charge in [-0.15, -0.1) is 0 Å². The molecule has 5 heteroatoms. The molecule has 1 aromatic heterocycles. The number of hydrogen-bond acceptors (Lipinski definition) is 4. The average Bonchev–Trinajstić information content (AvgIpc) is 2.58. The maximum atomic E-state index is 12.6. The van der Waals surface area contributed by atoms with E-state index in [2.05, 4.69) is 10.3 Å². The molecule has 0 bridgehead atoms. The normalized spacial score (nSPS) is 10.7. The van der Waals surface area contributed by atoms with Crippen LogP contribution in [0.5, 0.6) is 5.75 Å². The summed E-state index contributed by atoms with van der Waals surface area (Å²) in [5.41, 5.74) is 1.74. The fraction of sp³-hybridized carbons (Fsp3) is 0.222. The first-order valence-electron chi connectivity index (χ1n) is 7.53. The van der Waals surface area contributed by atoms with Crippen LogP contribution in [0.2, 0.25) is 0 Å². The molecule has 0 aliphatic carbocycles. The number of benzene rings is 2. The van der Waals surface area contributed by atoms with Crippen molar-refractivity contribution in [2.75, 3.05) is 19.0 Å². The Bertz CT molecular complexity index is 870. The van der Waals surface area contributed by atoms with E-state index in [1.807, 2.05) is 55.5 Å². The molecule has 0 radical (unpaired) electrons. The molecule has 0 aliphatic heterocycles. The molecule has 3 aromatic rings. The highest BCUT2D eigenvalue weighted by molar-refractivity contribution is 5.77. The van der Waals surface area contributed by atoms with Gasteiger partial charge in [-0.25, -0.2) is 4.98 Å². The van der Waals surface area contributed by atoms with Gasteiger partial charge in [0.15, 0.2) is 0 Å². The Kier molecular flexibility index (Phi) is 4.28. The van der Waals surface area contributed by atoms with Gasteiger partial charge >= 0.3 is 0 Å². The van der Waals surface area contributed by atoms with Crippen molar-refractivity contribution in [1.82, 2.24) is 9.55 Å². The summed E-state index contributed by atoms with van der Waals surface area (Å²) in [6, 6.07) is 15.1. The van der Waals surface area contributed by atoms with Crippen LogP contribution < -0.4 is 15.6 Å². The van der Waals surface area contributed by atoms with E-state index < -0.39 is 0 Å². The molecule has 118 valence electrons. The van der Waals surface area contributed by atoms with Crippen molar-refractivity contribution in [1.29, 1.82) is 0 Å². The number of hydrogen-bond donors (Lipinski definition) is 1. The van der Waals surface area contributed by atoms with Crippen LogP contribution in [-0.2, 0) is 6.54 Å². The third-order valence-corrected chi connectivity index (χ3v) is 3.81. The quantitative estimate of drug-likeness (QED) is 0.787. The molecule has 0 fully saturated rings. The molecule has 0 spiro atoms. The van der Waals surface area contributed by atoms with E-state index in [0.29, 0.717) is 18.5 Å². The molecular weight excluding hydrogens is 290 g/mol. The molecule has 5 nitrogen and oxygen atoms in total. The number of nitrogens with zero attached hydrogens (tertiary/aromatic N) is 2. The number of aromatic nitrogens is 2. The van der Waals surface area contributed by atoms with Crippen LogP contribution >= 0.6 is 0 Å². The second-order valence-corrected chi connectivity index (χ2v) is 5.29. The minimum Gasteiger partial charge on any atom is -0.497 e. The highest BCUT2D eigenvalue weighted by Crippen LogP contribution is 2.14. The van der Waals surface area contributed by atoms with E-state index in [9.17, 15) is 4.79 Å². The molecule has 0 unspecified atom stereocenters. The van der Waals surface area contributed by atoms with Gasteiger partial charge in [0.05, 0.1) is 18.0 Å². The molecule has 0 atom stereocenters. The molecule has 1 N–H and O–H groups in total. The summed E-state index contributed by atoms with van der Waals surface area (Å²) in [6.07, 6.45) is 0. The van der Waals surface area contributed by atoms with Crippen LogP contribution in [0.3, 0.4) is 0 Å². The average molecular weight is 309 g/mol. The van der Waals surface area contributed by atoms with Crippen molar-refractivity contribution in [3.8, 4) is 5.75 Å². The lowest BCUT2D eigenvalue weighted by Gasteiger charge is -2.12. The Morgan fingerprint density at radius 3 is 2.61 bits per heavy atom. The molecule has 0 amide bonds. The Labute approximate surface area is 134 Å². The third kappa shape index (κ3) is 3.18. The number of rotatable bonds is 5. The van der Waals surface area contributed by atoms with Crippen molar-refractivity contribution in [2.45, 2.75) is 13.5 Å². The fourth-order valence-corrected chi connectivity index (χ4v) is 2.56. The van der Waals surface area contributed by atoms with E-state index in [1.165, 1.54) is 0 Å². The molecular formula is C18H19N3O2. The van der Waals surface area contributed by atoms with Crippen LogP contribution in [0, 0.1) is 6.92 Å². The number of para-hydroxylation sites is 1. The van der Waals surface area contributed by atoms with E-state index in [1.54, 1.807) is 11.7 Å². The van der Waals surface area contributed by atoms with Crippen LogP contribution in [0.1, 0.15) is 5.82 Å². The summed E-state index contributed by atoms with van der Waals surface area (Å²) in [5.74, 6) is 1.55. The largest absolute Gasteiger partial charge is 0.497 e. The monoisotopic (exact) mass is 309 g/mol. The molecule has 23 heavy (non-hydrogen) atoms. The molecule has 3 rings (SSSR count). The van der Waals surface area contributed by atoms with Gasteiger partial charge in [-0.1, -0.05) is 12.1 Å². The molecule has 1 heterocycles. The van der Waals surface area contributed by atoms with Gasteiger partial charge in [0.25, 0.3) is 5.56 Å². The Balaban J connectivity index is 1.75. The van der Waals surface area contributed by atoms with Gasteiger partial charge in [0.2, 0.25) is 0 Å². The lowest BCUT2D eigenvalue weighted by molar-refractivity contribution is 0.415. The predicted octanol–water partition coefficient (Wildman–Crippen LogP) is 2.83. The lowest BCUT2D eigenvalue weighted by Crippen LogP contribution is -2.27. The zero-order valence-corrected chi connectivity index (χ0v) is 13.2.